The topological polar surface area (TPSA) is 63.6 Å². The molecule has 4 heteroatoms. The molecule has 1 rings (SSSR count). The van der Waals surface area contributed by atoms with Crippen molar-refractivity contribution in [3.63, 3.8) is 0 Å². The van der Waals surface area contributed by atoms with Crippen molar-refractivity contribution in [1.82, 2.24) is 0 Å². The van der Waals surface area contributed by atoms with Crippen molar-refractivity contribution < 1.29 is 19.4 Å². The highest BCUT2D eigenvalue weighted by Crippen LogP contribution is 2.22. The zero-order valence-electron chi connectivity index (χ0n) is 15.3. The van der Waals surface area contributed by atoms with Crippen LogP contribution in [-0.4, -0.2) is 29.1 Å². The van der Waals surface area contributed by atoms with Crippen LogP contribution in [0.1, 0.15) is 41.0 Å². The smallest absolute Gasteiger partial charge is 0.330 e. The lowest BCUT2D eigenvalue weighted by molar-refractivity contribution is -0.143. The van der Waals surface area contributed by atoms with E-state index in [9.17, 15) is 14.7 Å². The van der Waals surface area contributed by atoms with Crippen LogP contribution in [0, 0.1) is 23.7 Å². The lowest BCUT2D eigenvalue weighted by Gasteiger charge is -2.24. The Kier molecular flexibility index (Phi) is 8.13. The minimum Gasteiger partial charge on any atom is -0.459 e. The minimum atomic E-state index is -0.613. The summed E-state index contributed by atoms with van der Waals surface area (Å²) in [5, 5.41) is 10.4. The number of ether oxygens (including phenoxy) is 1. The number of carbonyl (C=O) groups is 2. The van der Waals surface area contributed by atoms with Gasteiger partial charge in [-0.2, -0.15) is 0 Å². The minimum absolute atomic E-state index is 0.0375. The van der Waals surface area contributed by atoms with Gasteiger partial charge >= 0.3 is 5.97 Å². The Bertz CT molecular complexity index is 518. The van der Waals surface area contributed by atoms with Gasteiger partial charge in [0.05, 0.1) is 6.10 Å². The molecule has 0 aromatic rings. The van der Waals surface area contributed by atoms with Crippen molar-refractivity contribution in [1.29, 1.82) is 0 Å². The van der Waals surface area contributed by atoms with Crippen molar-refractivity contribution in [3.8, 4) is 0 Å². The third kappa shape index (κ3) is 6.44. The van der Waals surface area contributed by atoms with Crippen molar-refractivity contribution in [2.45, 2.75) is 53.2 Å². The predicted octanol–water partition coefficient (Wildman–Crippen LogP) is 3.46. The molecule has 4 nitrogen and oxygen atoms in total. The molecular weight excluding hydrogens is 304 g/mol. The van der Waals surface area contributed by atoms with Gasteiger partial charge in [0.2, 0.25) is 0 Å². The van der Waals surface area contributed by atoms with Gasteiger partial charge in [0.25, 0.3) is 0 Å². The standard InChI is InChI=1S/C20H30O4/c1-13-8-6-7-9-18(21)15(3)12-16(4)20(23)14(2)10-11-19(22)24-17(13)5/h6-11,13-17,20,23H,12H2,1-5H3/b8-6+,9-7+,11-10+/t13-,14-,15?,16-,17+,20+/m0/s1. The Morgan fingerprint density at radius 1 is 0.958 bits per heavy atom. The molecule has 1 N–H and O–H groups in total. The summed E-state index contributed by atoms with van der Waals surface area (Å²) in [7, 11) is 0. The molecule has 0 radical (unpaired) electrons. The van der Waals surface area contributed by atoms with Crippen LogP contribution < -0.4 is 0 Å². The number of hydrogen-bond acceptors (Lipinski definition) is 4. The first-order chi connectivity index (χ1) is 11.2. The second kappa shape index (κ2) is 9.58. The molecule has 0 bridgehead atoms. The molecule has 0 fully saturated rings. The Hall–Kier alpha value is -1.68. The third-order valence-electron chi connectivity index (χ3n) is 4.70. The molecule has 0 saturated carbocycles. The number of rotatable bonds is 0. The molecule has 1 aliphatic heterocycles. The molecular formula is C20H30O4. The summed E-state index contributed by atoms with van der Waals surface area (Å²) in [5.41, 5.74) is 0. The number of cyclic esters (lactones) is 1. The number of hydrogen-bond donors (Lipinski definition) is 1. The second-order valence-electron chi connectivity index (χ2n) is 6.97. The summed E-state index contributed by atoms with van der Waals surface area (Å²) in [5.74, 6) is -0.691. The summed E-state index contributed by atoms with van der Waals surface area (Å²) >= 11 is 0. The SMILES string of the molecule is CC1C[C@H](C)[C@H](O)[C@@H](C)/C=C/C(=O)O[C@H](C)[C@@H](C)/C=C/C=C/C1=O. The van der Waals surface area contributed by atoms with Crippen LogP contribution >= 0.6 is 0 Å². The first kappa shape index (κ1) is 20.4. The fraction of sp³-hybridized carbons (Fsp3) is 0.600. The van der Waals surface area contributed by atoms with Crippen molar-refractivity contribution >= 4 is 11.8 Å². The fourth-order valence-corrected chi connectivity index (χ4v) is 2.72. The van der Waals surface area contributed by atoms with Gasteiger partial charge in [-0.15, -0.1) is 0 Å². The van der Waals surface area contributed by atoms with Crippen molar-refractivity contribution in [3.05, 3.63) is 36.5 Å². The molecule has 0 aromatic carbocycles. The number of aliphatic hydroxyl groups is 1. The highest BCUT2D eigenvalue weighted by atomic mass is 16.5. The van der Waals surface area contributed by atoms with E-state index in [1.165, 1.54) is 6.08 Å². The summed E-state index contributed by atoms with van der Waals surface area (Å²) < 4.78 is 5.36. The Balaban J connectivity index is 2.99. The largest absolute Gasteiger partial charge is 0.459 e. The van der Waals surface area contributed by atoms with E-state index in [0.29, 0.717) is 6.42 Å². The highest BCUT2D eigenvalue weighted by Gasteiger charge is 2.23. The van der Waals surface area contributed by atoms with Gasteiger partial charge < -0.3 is 9.84 Å². The first-order valence-corrected chi connectivity index (χ1v) is 8.68. The van der Waals surface area contributed by atoms with Crippen LogP contribution in [0.4, 0.5) is 0 Å². The molecule has 0 amide bonds. The molecule has 1 aliphatic rings. The predicted molar refractivity (Wildman–Crippen MR) is 95.3 cm³/mol. The van der Waals surface area contributed by atoms with Crippen LogP contribution in [0.25, 0.3) is 0 Å². The van der Waals surface area contributed by atoms with E-state index in [4.69, 9.17) is 4.74 Å². The Labute approximate surface area is 145 Å². The summed E-state index contributed by atoms with van der Waals surface area (Å²) in [6.45, 7) is 9.45. The number of aliphatic hydroxyl groups excluding tert-OH is 1. The maximum atomic E-state index is 12.1. The quantitative estimate of drug-likeness (QED) is 0.689. The number of allylic oxidation sites excluding steroid dienone is 3. The fourth-order valence-electron chi connectivity index (χ4n) is 2.72. The van der Waals surface area contributed by atoms with Gasteiger partial charge in [-0.3, -0.25) is 4.79 Å². The van der Waals surface area contributed by atoms with Gasteiger partial charge in [-0.25, -0.2) is 4.79 Å². The maximum absolute atomic E-state index is 12.1. The average Bonchev–Trinajstić information content (AvgIpc) is 2.54. The Morgan fingerprint density at radius 3 is 2.29 bits per heavy atom. The zero-order valence-corrected chi connectivity index (χ0v) is 15.3. The van der Waals surface area contributed by atoms with Crippen LogP contribution in [0.3, 0.4) is 0 Å². The molecule has 0 aromatic heterocycles. The van der Waals surface area contributed by atoms with Crippen molar-refractivity contribution in [2.75, 3.05) is 0 Å². The lowest BCUT2D eigenvalue weighted by atomic mass is 9.85. The van der Waals surface area contributed by atoms with E-state index < -0.39 is 12.1 Å². The second-order valence-corrected chi connectivity index (χ2v) is 6.97. The van der Waals surface area contributed by atoms with Gasteiger partial charge in [-0.05, 0) is 25.3 Å². The molecule has 6 atom stereocenters. The van der Waals surface area contributed by atoms with E-state index in [0.717, 1.165) is 0 Å². The van der Waals surface area contributed by atoms with Gasteiger partial charge in [0.1, 0.15) is 6.10 Å². The molecule has 1 unspecified atom stereocenters. The highest BCUT2D eigenvalue weighted by molar-refractivity contribution is 5.91. The van der Waals surface area contributed by atoms with Crippen LogP contribution in [-0.2, 0) is 14.3 Å². The summed E-state index contributed by atoms with van der Waals surface area (Å²) in [4.78, 5) is 24.0. The van der Waals surface area contributed by atoms with E-state index in [1.54, 1.807) is 18.2 Å². The summed E-state index contributed by atoms with van der Waals surface area (Å²) in [6.07, 6.45) is 9.79. The van der Waals surface area contributed by atoms with Gasteiger partial charge in [-0.1, -0.05) is 52.0 Å². The molecule has 0 spiro atoms. The first-order valence-electron chi connectivity index (χ1n) is 8.68. The molecule has 0 saturated heterocycles. The van der Waals surface area contributed by atoms with E-state index >= 15 is 0 Å². The van der Waals surface area contributed by atoms with Crippen LogP contribution in [0.5, 0.6) is 0 Å². The van der Waals surface area contributed by atoms with Crippen LogP contribution in [0.15, 0.2) is 36.5 Å². The zero-order chi connectivity index (χ0) is 18.3. The lowest BCUT2D eigenvalue weighted by Crippen LogP contribution is -2.27. The summed E-state index contributed by atoms with van der Waals surface area (Å²) in [6, 6.07) is 0. The number of esters is 1. The van der Waals surface area contributed by atoms with E-state index in [1.807, 2.05) is 46.8 Å². The third-order valence-corrected chi connectivity index (χ3v) is 4.70. The van der Waals surface area contributed by atoms with E-state index in [-0.39, 0.29) is 35.6 Å². The average molecular weight is 334 g/mol. The maximum Gasteiger partial charge on any atom is 0.330 e. The molecule has 24 heavy (non-hydrogen) atoms. The number of carbonyl (C=O) groups excluding carboxylic acids is 2. The normalized spacial score (nSPS) is 40.6. The number of ketones is 1. The Morgan fingerprint density at radius 2 is 1.62 bits per heavy atom. The van der Waals surface area contributed by atoms with Crippen LogP contribution in [0.2, 0.25) is 0 Å². The molecule has 134 valence electrons. The van der Waals surface area contributed by atoms with Crippen molar-refractivity contribution in [2.24, 2.45) is 23.7 Å². The van der Waals surface area contributed by atoms with E-state index in [2.05, 4.69) is 0 Å². The van der Waals surface area contributed by atoms with Gasteiger partial charge in [0.15, 0.2) is 5.78 Å². The molecule has 1 heterocycles. The van der Waals surface area contributed by atoms with Gasteiger partial charge in [0, 0.05) is 23.8 Å². The monoisotopic (exact) mass is 334 g/mol. The molecule has 0 aliphatic carbocycles.